The molecule has 0 fully saturated rings. The summed E-state index contributed by atoms with van der Waals surface area (Å²) in [5, 5.41) is 8.60. The van der Waals surface area contributed by atoms with Crippen LogP contribution >= 0.6 is 0 Å². The molecule has 4 aromatic heterocycles. The van der Waals surface area contributed by atoms with Gasteiger partial charge in [0, 0.05) is 66.1 Å². The summed E-state index contributed by atoms with van der Waals surface area (Å²) >= 11 is 0. The first kappa shape index (κ1) is 62.1. The van der Waals surface area contributed by atoms with Gasteiger partial charge in [0.25, 0.3) is 0 Å². The van der Waals surface area contributed by atoms with Crippen molar-refractivity contribution in [3.8, 4) is 89.0 Å². The van der Waals surface area contributed by atoms with E-state index in [4.69, 9.17) is 17.7 Å². The van der Waals surface area contributed by atoms with Crippen LogP contribution in [-0.2, 0) is 0 Å². The van der Waals surface area contributed by atoms with Crippen LogP contribution in [-0.4, -0.2) is 0 Å². The molecule has 0 amide bonds. The number of fused-ring (bicyclic) bond motifs is 12. The summed E-state index contributed by atoms with van der Waals surface area (Å²) in [6.07, 6.45) is 0. The number of furan rings is 4. The van der Waals surface area contributed by atoms with Gasteiger partial charge in [-0.05, 0) is 194 Å². The van der Waals surface area contributed by atoms with Gasteiger partial charge in [0.05, 0.1) is 27.8 Å². The Kier molecular flexibility index (Phi) is 14.8. The van der Waals surface area contributed by atoms with Crippen LogP contribution < -0.4 is 9.80 Å². The summed E-state index contributed by atoms with van der Waals surface area (Å²) in [5.74, 6) is 0. The van der Waals surface area contributed by atoms with Gasteiger partial charge < -0.3 is 27.5 Å². The molecule has 0 aliphatic heterocycles. The molecule has 4 heterocycles. The van der Waals surface area contributed by atoms with Crippen LogP contribution in [0.25, 0.3) is 177 Å². The molecule has 506 valence electrons. The van der Waals surface area contributed by atoms with Crippen molar-refractivity contribution in [2.45, 2.75) is 0 Å². The van der Waals surface area contributed by atoms with Crippen LogP contribution in [0.1, 0.15) is 0 Å². The molecule has 0 saturated heterocycles. The fraction of sp³-hybridized carbons (Fsp3) is 0. The second-order valence-electron chi connectivity index (χ2n) is 27.8. The van der Waals surface area contributed by atoms with E-state index in [1.54, 1.807) is 0 Å². The Hall–Kier alpha value is -14.5. The Labute approximate surface area is 622 Å². The first-order chi connectivity index (χ1) is 53.5. The predicted octanol–water partition coefficient (Wildman–Crippen LogP) is 29.6. The highest BCUT2D eigenvalue weighted by molar-refractivity contribution is 6.16. The molecule has 6 heteroatoms. The minimum atomic E-state index is 0.835. The molecule has 21 aromatic rings. The van der Waals surface area contributed by atoms with E-state index in [0.29, 0.717) is 0 Å². The van der Waals surface area contributed by atoms with E-state index in [-0.39, 0.29) is 0 Å². The van der Waals surface area contributed by atoms with E-state index in [1.165, 1.54) is 5.56 Å². The van der Waals surface area contributed by atoms with Gasteiger partial charge in [-0.2, -0.15) is 0 Å². The van der Waals surface area contributed by atoms with Crippen molar-refractivity contribution in [3.05, 3.63) is 388 Å². The number of benzene rings is 17. The molecule has 0 aliphatic carbocycles. The normalized spacial score (nSPS) is 11.7. The van der Waals surface area contributed by atoms with E-state index < -0.39 is 0 Å². The van der Waals surface area contributed by atoms with Crippen molar-refractivity contribution in [2.24, 2.45) is 0 Å². The average molecular weight is 1380 g/mol. The summed E-state index contributed by atoms with van der Waals surface area (Å²) in [6, 6.07) is 139. The molecule has 0 atom stereocenters. The molecule has 108 heavy (non-hydrogen) atoms. The van der Waals surface area contributed by atoms with E-state index >= 15 is 0 Å². The number of anilines is 6. The lowest BCUT2D eigenvalue weighted by molar-refractivity contribution is 0.668. The molecule has 0 spiro atoms. The van der Waals surface area contributed by atoms with Crippen LogP contribution in [0, 0.1) is 0 Å². The van der Waals surface area contributed by atoms with Gasteiger partial charge in [0.2, 0.25) is 0 Å². The van der Waals surface area contributed by atoms with Crippen molar-refractivity contribution < 1.29 is 17.7 Å². The lowest BCUT2D eigenvalue weighted by Crippen LogP contribution is -2.11. The molecule has 21 rings (SSSR count). The van der Waals surface area contributed by atoms with Crippen molar-refractivity contribution in [2.75, 3.05) is 9.80 Å². The van der Waals surface area contributed by atoms with E-state index in [9.17, 15) is 0 Å². The third-order valence-electron chi connectivity index (χ3n) is 21.5. The Morgan fingerprint density at radius 2 is 0.481 bits per heavy atom. The van der Waals surface area contributed by atoms with Crippen LogP contribution in [0.15, 0.2) is 406 Å². The fourth-order valence-electron chi connectivity index (χ4n) is 16.3. The van der Waals surface area contributed by atoms with Gasteiger partial charge in [-0.3, -0.25) is 0 Å². The second kappa shape index (κ2) is 25.7. The summed E-state index contributed by atoms with van der Waals surface area (Å²) in [6.45, 7) is 0. The third-order valence-corrected chi connectivity index (χ3v) is 21.5. The lowest BCUT2D eigenvalue weighted by atomic mass is 9.92. The minimum Gasteiger partial charge on any atom is -0.456 e. The quantitative estimate of drug-likeness (QED) is 0.108. The molecule has 0 radical (unpaired) electrons. The molecule has 17 aromatic carbocycles. The standard InChI is InChI=1S/C102H64N2O4/c1-3-20-65(21-4-1)72-24-15-25-74(60-72)81-26-7-11-34-90(81)104(92-36-19-41-98-100(92)88-29-10-14-39-95(88)106-98)80-57-50-71(51-58-80)83-31-17-33-86-89-64-73(52-59-96(89)108-102(83)86)67-42-44-68(45-43-67)76-61-75(66-22-5-2-6-23-66)62-77(63-76)69-46-53-78(54-47-69)103(91-35-18-40-97-99(91)87-28-9-13-38-94(87)105-97)79-55-48-70(49-56-79)82-30-16-32-85-84-27-8-12-37-93(84)107-101(82)85/h1-64H. The van der Waals surface area contributed by atoms with Gasteiger partial charge in [-0.15, -0.1) is 0 Å². The smallest absolute Gasteiger partial charge is 0.143 e. The molecule has 0 unspecified atom stereocenters. The Morgan fingerprint density at radius 3 is 1.05 bits per heavy atom. The van der Waals surface area contributed by atoms with Crippen LogP contribution in [0.2, 0.25) is 0 Å². The summed E-state index contributed by atoms with van der Waals surface area (Å²) in [7, 11) is 0. The molecule has 0 N–H and O–H groups in total. The van der Waals surface area contributed by atoms with Gasteiger partial charge in [0.15, 0.2) is 0 Å². The largest absolute Gasteiger partial charge is 0.456 e. The average Bonchev–Trinajstić information content (AvgIpc) is 1.55. The van der Waals surface area contributed by atoms with Crippen LogP contribution in [0.5, 0.6) is 0 Å². The zero-order valence-corrected chi connectivity index (χ0v) is 58.5. The fourth-order valence-corrected chi connectivity index (χ4v) is 16.3. The number of hydrogen-bond donors (Lipinski definition) is 0. The lowest BCUT2D eigenvalue weighted by Gasteiger charge is -2.28. The maximum atomic E-state index is 6.90. The van der Waals surface area contributed by atoms with Gasteiger partial charge in [-0.25, -0.2) is 0 Å². The highest BCUT2D eigenvalue weighted by Crippen LogP contribution is 2.50. The number of para-hydroxylation sites is 6. The maximum absolute atomic E-state index is 6.90. The van der Waals surface area contributed by atoms with Crippen LogP contribution in [0.4, 0.5) is 34.1 Å². The first-order valence-corrected chi connectivity index (χ1v) is 36.7. The van der Waals surface area contributed by atoms with Gasteiger partial charge in [-0.1, -0.05) is 267 Å². The third kappa shape index (κ3) is 10.7. The van der Waals surface area contributed by atoms with Crippen molar-refractivity contribution >= 4 is 122 Å². The minimum absolute atomic E-state index is 0.835. The molecule has 0 aliphatic rings. The molecular weight excluding hydrogens is 1320 g/mol. The van der Waals surface area contributed by atoms with E-state index in [0.717, 1.165) is 205 Å². The van der Waals surface area contributed by atoms with E-state index in [2.05, 4.69) is 362 Å². The molecule has 6 nitrogen and oxygen atoms in total. The van der Waals surface area contributed by atoms with Crippen LogP contribution in [0.3, 0.4) is 0 Å². The second-order valence-corrected chi connectivity index (χ2v) is 27.8. The SMILES string of the molecule is c1ccc(-c2cc(-c3ccc(-c4ccc5oc6c(-c7ccc(N(c8ccccc8-c8cccc(-c9ccccc9)c8)c8cccc9oc%10ccccc%10c89)cc7)cccc6c5c4)cc3)cc(-c3ccc(N(c4ccc(-c5cccc6c5oc5ccccc56)cc4)c4cccc5oc6ccccc6c45)cc3)c2)cc1. The summed E-state index contributed by atoms with van der Waals surface area (Å²) < 4.78 is 26.5. The molecule has 0 bridgehead atoms. The Balaban J connectivity index is 0.602. The van der Waals surface area contributed by atoms with Gasteiger partial charge >= 0.3 is 0 Å². The highest BCUT2D eigenvalue weighted by atomic mass is 16.3. The first-order valence-electron chi connectivity index (χ1n) is 36.7. The van der Waals surface area contributed by atoms with Crippen molar-refractivity contribution in [1.82, 2.24) is 0 Å². The maximum Gasteiger partial charge on any atom is 0.143 e. The zero-order valence-electron chi connectivity index (χ0n) is 58.5. The molecular formula is C102H64N2O4. The monoisotopic (exact) mass is 1380 g/mol. The Morgan fingerprint density at radius 1 is 0.157 bits per heavy atom. The van der Waals surface area contributed by atoms with Gasteiger partial charge in [0.1, 0.15) is 44.7 Å². The van der Waals surface area contributed by atoms with Crippen molar-refractivity contribution in [3.63, 3.8) is 0 Å². The highest BCUT2D eigenvalue weighted by Gasteiger charge is 2.25. The Bertz CT molecular complexity index is 7030. The zero-order chi connectivity index (χ0) is 71.2. The topological polar surface area (TPSA) is 59.0 Å². The molecule has 0 saturated carbocycles. The summed E-state index contributed by atoms with van der Waals surface area (Å²) in [4.78, 5) is 4.74. The number of hydrogen-bond acceptors (Lipinski definition) is 6. The number of rotatable bonds is 14. The van der Waals surface area contributed by atoms with Crippen molar-refractivity contribution in [1.29, 1.82) is 0 Å². The predicted molar refractivity (Wildman–Crippen MR) is 448 cm³/mol. The number of nitrogens with zero attached hydrogens (tertiary/aromatic N) is 2. The summed E-state index contributed by atoms with van der Waals surface area (Å²) in [5.41, 5.74) is 30.8. The van der Waals surface area contributed by atoms with E-state index in [1.807, 2.05) is 36.4 Å².